The Hall–Kier alpha value is -1.06. The highest BCUT2D eigenvalue weighted by Crippen LogP contribution is 2.32. The molecule has 0 amide bonds. The van der Waals surface area contributed by atoms with Crippen molar-refractivity contribution in [2.45, 2.75) is 32.2 Å². The van der Waals surface area contributed by atoms with Crippen LogP contribution in [0.4, 0.5) is 4.39 Å². The summed E-state index contributed by atoms with van der Waals surface area (Å²) >= 11 is 6.17. The maximum Gasteiger partial charge on any atom is 0.124 e. The molecule has 0 bridgehead atoms. The van der Waals surface area contributed by atoms with Gasteiger partial charge in [0, 0.05) is 5.02 Å². The summed E-state index contributed by atoms with van der Waals surface area (Å²) in [4.78, 5) is 0. The Morgan fingerprint density at radius 1 is 1.47 bits per heavy atom. The molecule has 0 aromatic heterocycles. The van der Waals surface area contributed by atoms with Crippen LogP contribution in [0.15, 0.2) is 30.0 Å². The van der Waals surface area contributed by atoms with Crippen LogP contribution in [-0.2, 0) is 4.74 Å². The number of nitrogens with one attached hydrogen (secondary N) is 1. The van der Waals surface area contributed by atoms with Crippen LogP contribution < -0.4 is 5.32 Å². The first kappa shape index (κ1) is 14.4. The lowest BCUT2D eigenvalue weighted by Gasteiger charge is -2.25. The van der Waals surface area contributed by atoms with Gasteiger partial charge in [0.05, 0.1) is 18.9 Å². The molecule has 104 valence electrons. The van der Waals surface area contributed by atoms with E-state index in [2.05, 4.69) is 12.2 Å². The van der Waals surface area contributed by atoms with Crippen molar-refractivity contribution in [1.82, 2.24) is 5.32 Å². The van der Waals surface area contributed by atoms with E-state index >= 15 is 0 Å². The van der Waals surface area contributed by atoms with Gasteiger partial charge in [-0.1, -0.05) is 24.6 Å². The first-order valence-electron chi connectivity index (χ1n) is 6.71. The molecule has 0 radical (unpaired) electrons. The second-order valence-corrected chi connectivity index (χ2v) is 5.13. The van der Waals surface area contributed by atoms with Crippen molar-refractivity contribution >= 4 is 11.6 Å². The van der Waals surface area contributed by atoms with E-state index in [4.69, 9.17) is 16.3 Å². The van der Waals surface area contributed by atoms with E-state index in [1.54, 1.807) is 6.07 Å². The van der Waals surface area contributed by atoms with Crippen LogP contribution in [0.1, 0.15) is 37.8 Å². The Morgan fingerprint density at radius 3 is 2.95 bits per heavy atom. The molecule has 0 spiro atoms. The smallest absolute Gasteiger partial charge is 0.124 e. The lowest BCUT2D eigenvalue weighted by atomic mass is 9.95. The monoisotopic (exact) mass is 283 g/mol. The Bertz CT molecular complexity index is 461. The molecular formula is C15H19ClFNO. The van der Waals surface area contributed by atoms with Crippen LogP contribution in [0.3, 0.4) is 0 Å². The highest BCUT2D eigenvalue weighted by Gasteiger charge is 2.21. The van der Waals surface area contributed by atoms with Crippen molar-refractivity contribution in [3.05, 3.63) is 46.4 Å². The first-order valence-corrected chi connectivity index (χ1v) is 7.09. The van der Waals surface area contributed by atoms with Gasteiger partial charge in [-0.15, -0.1) is 0 Å². The van der Waals surface area contributed by atoms with E-state index in [1.807, 2.05) is 6.26 Å². The molecule has 0 saturated carbocycles. The van der Waals surface area contributed by atoms with Crippen molar-refractivity contribution in [1.29, 1.82) is 0 Å². The van der Waals surface area contributed by atoms with Gasteiger partial charge in [0.15, 0.2) is 0 Å². The number of halogens is 2. The Labute approximate surface area is 118 Å². The maximum atomic E-state index is 13.2. The topological polar surface area (TPSA) is 21.3 Å². The highest BCUT2D eigenvalue weighted by atomic mass is 35.5. The summed E-state index contributed by atoms with van der Waals surface area (Å²) in [6, 6.07) is 4.57. The minimum Gasteiger partial charge on any atom is -0.501 e. The van der Waals surface area contributed by atoms with E-state index in [0.29, 0.717) is 5.02 Å². The van der Waals surface area contributed by atoms with Crippen LogP contribution in [0.2, 0.25) is 5.02 Å². The van der Waals surface area contributed by atoms with Gasteiger partial charge in [-0.2, -0.15) is 0 Å². The van der Waals surface area contributed by atoms with Gasteiger partial charge < -0.3 is 10.1 Å². The molecule has 1 aliphatic heterocycles. The van der Waals surface area contributed by atoms with Gasteiger partial charge >= 0.3 is 0 Å². The molecular weight excluding hydrogens is 265 g/mol. The average Bonchev–Trinajstić information content (AvgIpc) is 2.42. The average molecular weight is 284 g/mol. The van der Waals surface area contributed by atoms with E-state index < -0.39 is 0 Å². The fourth-order valence-corrected chi connectivity index (χ4v) is 2.54. The van der Waals surface area contributed by atoms with E-state index in [-0.39, 0.29) is 11.9 Å². The van der Waals surface area contributed by atoms with Gasteiger partial charge in [0.25, 0.3) is 0 Å². The standard InChI is InChI=1S/C15H19ClFNO/c1-2-7-18-15(11-4-3-8-19-10-11)13-6-5-12(17)9-14(13)16/h5-6,9-10,15,18H,2-4,7-8H2,1H3. The predicted molar refractivity (Wildman–Crippen MR) is 75.7 cm³/mol. The minimum atomic E-state index is -0.308. The van der Waals surface area contributed by atoms with Crippen LogP contribution in [0.25, 0.3) is 0 Å². The largest absolute Gasteiger partial charge is 0.501 e. The molecule has 0 saturated heterocycles. The summed E-state index contributed by atoms with van der Waals surface area (Å²) in [6.45, 7) is 3.76. The summed E-state index contributed by atoms with van der Waals surface area (Å²) in [5, 5.41) is 3.92. The third kappa shape index (κ3) is 3.71. The third-order valence-corrected chi connectivity index (χ3v) is 3.53. The number of benzene rings is 1. The normalized spacial score (nSPS) is 16.7. The number of rotatable bonds is 5. The minimum absolute atomic E-state index is 0.00773. The Morgan fingerprint density at radius 2 is 2.32 bits per heavy atom. The van der Waals surface area contributed by atoms with Crippen LogP contribution >= 0.6 is 11.6 Å². The number of hydrogen-bond acceptors (Lipinski definition) is 2. The zero-order valence-corrected chi connectivity index (χ0v) is 11.8. The second-order valence-electron chi connectivity index (χ2n) is 4.72. The lowest BCUT2D eigenvalue weighted by molar-refractivity contribution is 0.219. The molecule has 1 aromatic carbocycles. The van der Waals surface area contributed by atoms with Crippen LogP contribution in [-0.4, -0.2) is 13.2 Å². The van der Waals surface area contributed by atoms with Gasteiger partial charge in [0.2, 0.25) is 0 Å². The SMILES string of the molecule is CCCNC(C1=COCCC1)c1ccc(F)cc1Cl. The molecule has 2 nitrogen and oxygen atoms in total. The number of ether oxygens (including phenoxy) is 1. The third-order valence-electron chi connectivity index (χ3n) is 3.21. The first-order chi connectivity index (χ1) is 9.22. The van der Waals surface area contributed by atoms with E-state index in [9.17, 15) is 4.39 Å². The second kappa shape index (κ2) is 6.92. The fraction of sp³-hybridized carbons (Fsp3) is 0.467. The molecule has 0 fully saturated rings. The fourth-order valence-electron chi connectivity index (χ4n) is 2.26. The molecule has 19 heavy (non-hydrogen) atoms. The van der Waals surface area contributed by atoms with Crippen molar-refractivity contribution in [3.63, 3.8) is 0 Å². The highest BCUT2D eigenvalue weighted by molar-refractivity contribution is 6.31. The quantitative estimate of drug-likeness (QED) is 0.874. The Kier molecular flexibility index (Phi) is 5.23. The molecule has 2 rings (SSSR count). The summed E-state index contributed by atoms with van der Waals surface area (Å²) in [7, 11) is 0. The van der Waals surface area contributed by atoms with Crippen molar-refractivity contribution in [2.24, 2.45) is 0 Å². The van der Waals surface area contributed by atoms with Crippen molar-refractivity contribution in [3.8, 4) is 0 Å². The van der Waals surface area contributed by atoms with Gasteiger partial charge in [-0.25, -0.2) is 4.39 Å². The maximum absolute atomic E-state index is 13.2. The Balaban J connectivity index is 2.27. The van der Waals surface area contributed by atoms with Crippen LogP contribution in [0, 0.1) is 5.82 Å². The number of hydrogen-bond donors (Lipinski definition) is 1. The lowest BCUT2D eigenvalue weighted by Crippen LogP contribution is -2.25. The summed E-state index contributed by atoms with van der Waals surface area (Å²) in [5.41, 5.74) is 2.08. The summed E-state index contributed by atoms with van der Waals surface area (Å²) in [5.74, 6) is -0.308. The van der Waals surface area contributed by atoms with Crippen LogP contribution in [0.5, 0.6) is 0 Å². The molecule has 1 atom stereocenters. The molecule has 1 unspecified atom stereocenters. The zero-order valence-electron chi connectivity index (χ0n) is 11.1. The van der Waals surface area contributed by atoms with E-state index in [1.165, 1.54) is 17.7 Å². The zero-order chi connectivity index (χ0) is 13.7. The molecule has 1 N–H and O–H groups in total. The van der Waals surface area contributed by atoms with Gasteiger partial charge in [0.1, 0.15) is 5.82 Å². The predicted octanol–water partition coefficient (Wildman–Crippen LogP) is 4.21. The summed E-state index contributed by atoms with van der Waals surface area (Å²) in [6.07, 6.45) is 4.84. The molecule has 0 aliphatic carbocycles. The van der Waals surface area contributed by atoms with Crippen molar-refractivity contribution < 1.29 is 9.13 Å². The van der Waals surface area contributed by atoms with E-state index in [0.717, 1.165) is 38.0 Å². The summed E-state index contributed by atoms with van der Waals surface area (Å²) < 4.78 is 18.6. The molecule has 4 heteroatoms. The van der Waals surface area contributed by atoms with Gasteiger partial charge in [-0.05, 0) is 49.1 Å². The molecule has 1 aromatic rings. The van der Waals surface area contributed by atoms with Crippen molar-refractivity contribution in [2.75, 3.05) is 13.2 Å². The van der Waals surface area contributed by atoms with Gasteiger partial charge in [-0.3, -0.25) is 0 Å². The molecule has 1 heterocycles. The molecule has 1 aliphatic rings.